The van der Waals surface area contributed by atoms with Crippen LogP contribution in [0.3, 0.4) is 0 Å². The van der Waals surface area contributed by atoms with Crippen molar-refractivity contribution in [1.29, 1.82) is 0 Å². The topological polar surface area (TPSA) is 71.1 Å². The molecule has 5 heteroatoms. The van der Waals surface area contributed by atoms with Crippen molar-refractivity contribution in [3.8, 4) is 0 Å². The van der Waals surface area contributed by atoms with Crippen LogP contribution in [0.1, 0.15) is 33.6 Å². The molecule has 0 aliphatic carbocycles. The largest absolute Gasteiger partial charge is 0.409 e. The van der Waals surface area contributed by atoms with E-state index in [2.05, 4.69) is 17.0 Å². The highest BCUT2D eigenvalue weighted by Gasteiger charge is 2.29. The summed E-state index contributed by atoms with van der Waals surface area (Å²) < 4.78 is 5.50. The van der Waals surface area contributed by atoms with Crippen molar-refractivity contribution in [1.82, 2.24) is 4.90 Å². The van der Waals surface area contributed by atoms with Crippen molar-refractivity contribution < 1.29 is 9.94 Å². The van der Waals surface area contributed by atoms with Gasteiger partial charge in [-0.3, -0.25) is 0 Å². The first-order valence-corrected chi connectivity index (χ1v) is 6.64. The lowest BCUT2D eigenvalue weighted by Gasteiger charge is -2.37. The molecule has 1 rings (SSSR count). The first-order valence-electron chi connectivity index (χ1n) is 6.64. The van der Waals surface area contributed by atoms with Crippen LogP contribution in [0, 0.1) is 11.3 Å². The number of hydrogen-bond acceptors (Lipinski definition) is 4. The third-order valence-electron chi connectivity index (χ3n) is 4.13. The van der Waals surface area contributed by atoms with E-state index in [-0.39, 0.29) is 5.41 Å². The van der Waals surface area contributed by atoms with E-state index in [0.29, 0.717) is 17.9 Å². The van der Waals surface area contributed by atoms with Crippen LogP contribution in [0.4, 0.5) is 0 Å². The number of amidine groups is 1. The van der Waals surface area contributed by atoms with Gasteiger partial charge in [0.25, 0.3) is 0 Å². The van der Waals surface area contributed by atoms with Gasteiger partial charge in [-0.25, -0.2) is 0 Å². The summed E-state index contributed by atoms with van der Waals surface area (Å²) in [5, 5.41) is 11.9. The highest BCUT2D eigenvalue weighted by atomic mass is 16.5. The maximum atomic E-state index is 8.75. The second-order valence-electron chi connectivity index (χ2n) is 5.96. The third kappa shape index (κ3) is 3.85. The highest BCUT2D eigenvalue weighted by molar-refractivity contribution is 5.85. The molecule has 0 saturated carbocycles. The molecule has 0 bridgehead atoms. The maximum Gasteiger partial charge on any atom is 0.144 e. The Bertz CT molecular complexity index is 292. The van der Waals surface area contributed by atoms with Crippen molar-refractivity contribution in [2.24, 2.45) is 22.2 Å². The minimum atomic E-state index is -0.264. The molecule has 0 aromatic rings. The molecule has 1 aliphatic heterocycles. The predicted octanol–water partition coefficient (Wildman–Crippen LogP) is 1.51. The van der Waals surface area contributed by atoms with Gasteiger partial charge in [-0.2, -0.15) is 0 Å². The number of oxime groups is 1. The summed E-state index contributed by atoms with van der Waals surface area (Å²) in [6.07, 6.45) is 2.38. The van der Waals surface area contributed by atoms with Gasteiger partial charge < -0.3 is 20.6 Å². The smallest absolute Gasteiger partial charge is 0.144 e. The van der Waals surface area contributed by atoms with Gasteiger partial charge in [0.15, 0.2) is 0 Å². The molecular formula is C13H27N3O2. The number of piperidine rings is 1. The van der Waals surface area contributed by atoms with Gasteiger partial charge in [-0.05, 0) is 31.8 Å². The van der Waals surface area contributed by atoms with Gasteiger partial charge >= 0.3 is 0 Å². The lowest BCUT2D eigenvalue weighted by molar-refractivity contribution is -0.00665. The quantitative estimate of drug-likeness (QED) is 0.339. The molecule has 106 valence electrons. The SMILES string of the molecule is COC1CN(CCC(C)(C)C(N)=NO)CCC1C. The second kappa shape index (κ2) is 6.38. The van der Waals surface area contributed by atoms with Gasteiger partial charge in [0.05, 0.1) is 6.10 Å². The molecule has 0 radical (unpaired) electrons. The van der Waals surface area contributed by atoms with Crippen molar-refractivity contribution in [2.45, 2.75) is 39.7 Å². The molecule has 1 aliphatic rings. The second-order valence-corrected chi connectivity index (χ2v) is 5.96. The molecule has 1 heterocycles. The number of hydrogen-bond donors (Lipinski definition) is 2. The fourth-order valence-corrected chi connectivity index (χ4v) is 2.31. The number of methoxy groups -OCH3 is 1. The van der Waals surface area contributed by atoms with E-state index >= 15 is 0 Å². The zero-order valence-corrected chi connectivity index (χ0v) is 12.0. The Balaban J connectivity index is 2.45. The number of nitrogens with two attached hydrogens (primary N) is 1. The van der Waals surface area contributed by atoms with Crippen molar-refractivity contribution in [2.75, 3.05) is 26.7 Å². The van der Waals surface area contributed by atoms with E-state index in [0.717, 1.165) is 26.1 Å². The summed E-state index contributed by atoms with van der Waals surface area (Å²) in [7, 11) is 1.78. The molecule has 0 spiro atoms. The molecule has 3 N–H and O–H groups in total. The minimum absolute atomic E-state index is 0.264. The average molecular weight is 257 g/mol. The predicted molar refractivity (Wildman–Crippen MR) is 72.8 cm³/mol. The van der Waals surface area contributed by atoms with E-state index < -0.39 is 0 Å². The first-order chi connectivity index (χ1) is 8.40. The van der Waals surface area contributed by atoms with Gasteiger partial charge in [0.2, 0.25) is 0 Å². The third-order valence-corrected chi connectivity index (χ3v) is 4.13. The molecule has 2 unspecified atom stereocenters. The standard InChI is InChI=1S/C13H27N3O2/c1-10-5-7-16(9-11(10)18-4)8-6-13(2,3)12(14)15-17/h10-11,17H,5-9H2,1-4H3,(H2,14,15). The summed E-state index contributed by atoms with van der Waals surface area (Å²) >= 11 is 0. The van der Waals surface area contributed by atoms with Gasteiger partial charge in [0, 0.05) is 19.1 Å². The molecule has 5 nitrogen and oxygen atoms in total. The lowest BCUT2D eigenvalue weighted by atomic mass is 9.87. The summed E-state index contributed by atoms with van der Waals surface area (Å²) in [4.78, 5) is 2.40. The fraction of sp³-hybridized carbons (Fsp3) is 0.923. The number of ether oxygens (including phenoxy) is 1. The maximum absolute atomic E-state index is 8.75. The Kier molecular flexibility index (Phi) is 5.41. The number of likely N-dealkylation sites (tertiary alicyclic amines) is 1. The number of nitrogens with zero attached hydrogens (tertiary/aromatic N) is 2. The highest BCUT2D eigenvalue weighted by Crippen LogP contribution is 2.24. The molecule has 0 aromatic heterocycles. The van der Waals surface area contributed by atoms with E-state index in [1.54, 1.807) is 7.11 Å². The van der Waals surface area contributed by atoms with E-state index in [1.165, 1.54) is 6.42 Å². The normalized spacial score (nSPS) is 27.4. The van der Waals surface area contributed by atoms with E-state index in [9.17, 15) is 0 Å². The Morgan fingerprint density at radius 3 is 2.78 bits per heavy atom. The van der Waals surface area contributed by atoms with Gasteiger partial charge in [-0.15, -0.1) is 0 Å². The zero-order chi connectivity index (χ0) is 13.8. The zero-order valence-electron chi connectivity index (χ0n) is 12.0. The molecule has 18 heavy (non-hydrogen) atoms. The number of rotatable bonds is 5. The Hall–Kier alpha value is -0.810. The van der Waals surface area contributed by atoms with Gasteiger partial charge in [0.1, 0.15) is 5.84 Å². The van der Waals surface area contributed by atoms with E-state index in [1.807, 2.05) is 13.8 Å². The van der Waals surface area contributed by atoms with Crippen molar-refractivity contribution in [3.05, 3.63) is 0 Å². The van der Waals surface area contributed by atoms with Crippen molar-refractivity contribution >= 4 is 5.84 Å². The summed E-state index contributed by atoms with van der Waals surface area (Å²) in [6.45, 7) is 9.28. The van der Waals surface area contributed by atoms with Crippen molar-refractivity contribution in [3.63, 3.8) is 0 Å². The van der Waals surface area contributed by atoms with Crippen LogP contribution in [0.5, 0.6) is 0 Å². The van der Waals surface area contributed by atoms with Crippen LogP contribution < -0.4 is 5.73 Å². The summed E-state index contributed by atoms with van der Waals surface area (Å²) in [5.41, 5.74) is 5.44. The average Bonchev–Trinajstić information content (AvgIpc) is 2.36. The Labute approximate surface area is 110 Å². The molecule has 0 aromatic carbocycles. The monoisotopic (exact) mass is 257 g/mol. The minimum Gasteiger partial charge on any atom is -0.409 e. The Morgan fingerprint density at radius 2 is 2.22 bits per heavy atom. The molecular weight excluding hydrogens is 230 g/mol. The van der Waals surface area contributed by atoms with Gasteiger partial charge in [-0.1, -0.05) is 25.9 Å². The van der Waals surface area contributed by atoms with Crippen LogP contribution in [0.2, 0.25) is 0 Å². The van der Waals surface area contributed by atoms with Crippen LogP contribution in [0.15, 0.2) is 5.16 Å². The Morgan fingerprint density at radius 1 is 1.56 bits per heavy atom. The van der Waals surface area contributed by atoms with E-state index in [4.69, 9.17) is 15.7 Å². The molecule has 0 amide bonds. The summed E-state index contributed by atoms with van der Waals surface area (Å²) in [6, 6.07) is 0. The summed E-state index contributed by atoms with van der Waals surface area (Å²) in [5.74, 6) is 0.930. The fourth-order valence-electron chi connectivity index (χ4n) is 2.31. The molecule has 1 fully saturated rings. The first kappa shape index (κ1) is 15.2. The van der Waals surface area contributed by atoms with Crippen LogP contribution in [-0.4, -0.2) is 48.8 Å². The molecule has 1 saturated heterocycles. The van der Waals surface area contributed by atoms with Crippen LogP contribution >= 0.6 is 0 Å². The molecule has 2 atom stereocenters. The lowest BCUT2D eigenvalue weighted by Crippen LogP contribution is -2.45. The van der Waals surface area contributed by atoms with Crippen LogP contribution in [-0.2, 0) is 4.74 Å². The van der Waals surface area contributed by atoms with Crippen LogP contribution in [0.25, 0.3) is 0 Å².